The molecule has 0 saturated heterocycles. The average Bonchev–Trinajstić information content (AvgIpc) is 2.26. The van der Waals surface area contributed by atoms with E-state index in [1.54, 1.807) is 12.1 Å². The third-order valence-corrected chi connectivity index (χ3v) is 2.62. The second kappa shape index (κ2) is 4.68. The summed E-state index contributed by atoms with van der Waals surface area (Å²) in [6.07, 6.45) is 0. The van der Waals surface area contributed by atoms with Gasteiger partial charge < -0.3 is 4.74 Å². The SMILES string of the molecule is O=COCc1ccc2nc(Cl)cc(Cl)c2c1. The maximum atomic E-state index is 10.1. The molecule has 1 aromatic heterocycles. The maximum absolute atomic E-state index is 10.1. The van der Waals surface area contributed by atoms with Crippen molar-refractivity contribution in [1.29, 1.82) is 0 Å². The fourth-order valence-electron chi connectivity index (χ4n) is 1.42. The Balaban J connectivity index is 2.48. The van der Waals surface area contributed by atoms with E-state index in [-0.39, 0.29) is 6.61 Å². The molecule has 2 rings (SSSR count). The molecule has 2 aromatic rings. The van der Waals surface area contributed by atoms with Gasteiger partial charge in [0.05, 0.1) is 10.5 Å². The molecular weight excluding hydrogens is 249 g/mol. The Morgan fingerprint density at radius 2 is 2.12 bits per heavy atom. The minimum absolute atomic E-state index is 0.221. The summed E-state index contributed by atoms with van der Waals surface area (Å²) in [5, 5.41) is 1.68. The van der Waals surface area contributed by atoms with Crippen LogP contribution < -0.4 is 0 Å². The molecule has 0 saturated carbocycles. The number of benzene rings is 1. The molecule has 1 heterocycles. The molecule has 0 aliphatic heterocycles. The molecule has 0 N–H and O–H groups in total. The highest BCUT2D eigenvalue weighted by atomic mass is 35.5. The van der Waals surface area contributed by atoms with Crippen molar-refractivity contribution in [2.45, 2.75) is 6.61 Å². The molecule has 16 heavy (non-hydrogen) atoms. The zero-order valence-electron chi connectivity index (χ0n) is 8.11. The van der Waals surface area contributed by atoms with Crippen molar-refractivity contribution in [3.63, 3.8) is 0 Å². The van der Waals surface area contributed by atoms with E-state index < -0.39 is 0 Å². The van der Waals surface area contributed by atoms with Crippen LogP contribution in [0.5, 0.6) is 0 Å². The molecule has 0 aliphatic rings. The predicted molar refractivity (Wildman–Crippen MR) is 62.6 cm³/mol. The Labute approximate surface area is 102 Å². The lowest BCUT2D eigenvalue weighted by Gasteiger charge is -2.04. The molecule has 0 bridgehead atoms. The van der Waals surface area contributed by atoms with E-state index in [0.29, 0.717) is 22.2 Å². The highest BCUT2D eigenvalue weighted by Crippen LogP contribution is 2.26. The number of carbonyl (C=O) groups excluding carboxylic acids is 1. The lowest BCUT2D eigenvalue weighted by molar-refractivity contribution is -0.129. The van der Waals surface area contributed by atoms with Crippen molar-refractivity contribution in [2.75, 3.05) is 0 Å². The summed E-state index contributed by atoms with van der Waals surface area (Å²) >= 11 is 11.8. The second-order valence-corrected chi connectivity index (χ2v) is 3.98. The van der Waals surface area contributed by atoms with E-state index in [4.69, 9.17) is 23.2 Å². The van der Waals surface area contributed by atoms with Crippen LogP contribution in [0.1, 0.15) is 5.56 Å². The normalized spacial score (nSPS) is 10.4. The van der Waals surface area contributed by atoms with Gasteiger partial charge in [-0.2, -0.15) is 0 Å². The van der Waals surface area contributed by atoms with Gasteiger partial charge in [-0.1, -0.05) is 29.3 Å². The van der Waals surface area contributed by atoms with E-state index in [0.717, 1.165) is 10.9 Å². The Morgan fingerprint density at radius 1 is 1.31 bits per heavy atom. The molecule has 1 aromatic carbocycles. The average molecular weight is 256 g/mol. The van der Waals surface area contributed by atoms with Gasteiger partial charge in [-0.05, 0) is 23.8 Å². The quantitative estimate of drug-likeness (QED) is 0.625. The summed E-state index contributed by atoms with van der Waals surface area (Å²) in [6.45, 7) is 0.629. The van der Waals surface area contributed by atoms with Crippen LogP contribution in [0, 0.1) is 0 Å². The first-order valence-corrected chi connectivity index (χ1v) is 5.26. The van der Waals surface area contributed by atoms with Gasteiger partial charge in [0.2, 0.25) is 0 Å². The van der Waals surface area contributed by atoms with E-state index in [1.807, 2.05) is 12.1 Å². The number of hydrogen-bond acceptors (Lipinski definition) is 3. The molecule has 0 fully saturated rings. The van der Waals surface area contributed by atoms with Crippen LogP contribution in [0.15, 0.2) is 24.3 Å². The van der Waals surface area contributed by atoms with Crippen molar-refractivity contribution in [1.82, 2.24) is 4.98 Å². The zero-order valence-corrected chi connectivity index (χ0v) is 9.63. The van der Waals surface area contributed by atoms with Crippen molar-refractivity contribution in [3.05, 3.63) is 40.0 Å². The van der Waals surface area contributed by atoms with Crippen molar-refractivity contribution in [2.24, 2.45) is 0 Å². The third kappa shape index (κ3) is 2.26. The van der Waals surface area contributed by atoms with Crippen LogP contribution in [0.25, 0.3) is 10.9 Å². The van der Waals surface area contributed by atoms with Gasteiger partial charge in [0.25, 0.3) is 6.47 Å². The molecule has 3 nitrogen and oxygen atoms in total. The Kier molecular flexibility index (Phi) is 3.27. The summed E-state index contributed by atoms with van der Waals surface area (Å²) in [5.74, 6) is 0. The summed E-state index contributed by atoms with van der Waals surface area (Å²) < 4.78 is 4.66. The molecule has 0 radical (unpaired) electrons. The third-order valence-electron chi connectivity index (χ3n) is 2.11. The maximum Gasteiger partial charge on any atom is 0.293 e. The van der Waals surface area contributed by atoms with Crippen molar-refractivity contribution >= 4 is 40.6 Å². The standard InChI is InChI=1S/C11H7Cl2NO2/c12-9-4-11(13)14-10-2-1-7(3-8(9)10)5-16-6-15/h1-4,6H,5H2. The monoisotopic (exact) mass is 255 g/mol. The van der Waals surface area contributed by atoms with Gasteiger partial charge in [-0.25, -0.2) is 4.98 Å². The second-order valence-electron chi connectivity index (χ2n) is 3.19. The minimum atomic E-state index is 0.221. The predicted octanol–water partition coefficient (Wildman–Crippen LogP) is 3.21. The Morgan fingerprint density at radius 3 is 2.88 bits per heavy atom. The van der Waals surface area contributed by atoms with Gasteiger partial charge in [0, 0.05) is 5.39 Å². The molecule has 0 spiro atoms. The van der Waals surface area contributed by atoms with Gasteiger partial charge in [0.1, 0.15) is 11.8 Å². The van der Waals surface area contributed by atoms with Crippen LogP contribution in [0.3, 0.4) is 0 Å². The molecule has 0 amide bonds. The first kappa shape index (κ1) is 11.2. The Hall–Kier alpha value is -1.32. The van der Waals surface area contributed by atoms with Crippen LogP contribution in [0.4, 0.5) is 0 Å². The molecular formula is C11H7Cl2NO2. The summed E-state index contributed by atoms with van der Waals surface area (Å²) in [4.78, 5) is 14.2. The smallest absolute Gasteiger partial charge is 0.293 e. The molecule has 0 atom stereocenters. The number of halogens is 2. The highest BCUT2D eigenvalue weighted by Gasteiger charge is 2.04. The summed E-state index contributed by atoms with van der Waals surface area (Å²) in [6, 6.07) is 7.00. The van der Waals surface area contributed by atoms with Gasteiger partial charge in [-0.3, -0.25) is 4.79 Å². The zero-order chi connectivity index (χ0) is 11.5. The number of carbonyl (C=O) groups is 1. The highest BCUT2D eigenvalue weighted by molar-refractivity contribution is 6.37. The number of pyridine rings is 1. The van der Waals surface area contributed by atoms with Crippen LogP contribution in [0.2, 0.25) is 10.2 Å². The fourth-order valence-corrected chi connectivity index (χ4v) is 1.93. The minimum Gasteiger partial charge on any atom is -0.463 e. The number of aromatic nitrogens is 1. The van der Waals surface area contributed by atoms with Gasteiger partial charge in [-0.15, -0.1) is 0 Å². The fraction of sp³-hybridized carbons (Fsp3) is 0.0909. The first-order valence-electron chi connectivity index (χ1n) is 4.50. The molecule has 0 aliphatic carbocycles. The topological polar surface area (TPSA) is 39.2 Å². The van der Waals surface area contributed by atoms with Crippen molar-refractivity contribution < 1.29 is 9.53 Å². The van der Waals surface area contributed by atoms with E-state index >= 15 is 0 Å². The summed E-state index contributed by atoms with van der Waals surface area (Å²) in [7, 11) is 0. The van der Waals surface area contributed by atoms with E-state index in [9.17, 15) is 4.79 Å². The van der Waals surface area contributed by atoms with E-state index in [2.05, 4.69) is 9.72 Å². The number of rotatable bonds is 3. The number of nitrogens with zero attached hydrogens (tertiary/aromatic N) is 1. The Bertz CT molecular complexity index is 543. The molecule has 82 valence electrons. The number of ether oxygens (including phenoxy) is 1. The number of hydrogen-bond donors (Lipinski definition) is 0. The van der Waals surface area contributed by atoms with Crippen LogP contribution >= 0.6 is 23.2 Å². The lowest BCUT2D eigenvalue weighted by atomic mass is 10.1. The van der Waals surface area contributed by atoms with Crippen LogP contribution in [-0.4, -0.2) is 11.5 Å². The number of fused-ring (bicyclic) bond motifs is 1. The van der Waals surface area contributed by atoms with Gasteiger partial charge >= 0.3 is 0 Å². The molecule has 0 unspecified atom stereocenters. The largest absolute Gasteiger partial charge is 0.463 e. The first-order chi connectivity index (χ1) is 7.70. The van der Waals surface area contributed by atoms with E-state index in [1.165, 1.54) is 0 Å². The lowest BCUT2D eigenvalue weighted by Crippen LogP contribution is -1.91. The van der Waals surface area contributed by atoms with Crippen molar-refractivity contribution in [3.8, 4) is 0 Å². The van der Waals surface area contributed by atoms with Gasteiger partial charge in [0.15, 0.2) is 0 Å². The molecule has 5 heteroatoms. The summed E-state index contributed by atoms with van der Waals surface area (Å²) in [5.41, 5.74) is 1.57. The van der Waals surface area contributed by atoms with Crippen LogP contribution in [-0.2, 0) is 16.1 Å².